The van der Waals surface area contributed by atoms with Gasteiger partial charge in [0.15, 0.2) is 11.6 Å². The van der Waals surface area contributed by atoms with Crippen LogP contribution >= 0.6 is 0 Å². The molecule has 7 heteroatoms. The maximum absolute atomic E-state index is 13.4. The van der Waals surface area contributed by atoms with Crippen LogP contribution in [0.5, 0.6) is 0 Å². The number of fused-ring (bicyclic) bond motifs is 4. The number of Topliss-reactive ketones (excluding diaryl/α,β-unsaturated/α-hetero) is 2. The molecule has 67 heavy (non-hydrogen) atoms. The van der Waals surface area contributed by atoms with Gasteiger partial charge in [-0.05, 0) is 120 Å². The fourth-order valence-electron chi connectivity index (χ4n) is 8.13. The average molecular weight is 922 g/mol. The van der Waals surface area contributed by atoms with Gasteiger partial charge in [-0.2, -0.15) is 0 Å². The third-order valence-corrected chi connectivity index (χ3v) is 11.5. The zero-order chi connectivity index (χ0) is 45.8. The van der Waals surface area contributed by atoms with E-state index in [1.54, 1.807) is 12.4 Å². The van der Waals surface area contributed by atoms with Crippen LogP contribution in [0.15, 0.2) is 230 Å². The molecule has 0 saturated carbocycles. The first-order chi connectivity index (χ1) is 32.2. The molecule has 8 aromatic carbocycles. The van der Waals surface area contributed by atoms with Gasteiger partial charge < -0.3 is 20.4 Å². The summed E-state index contributed by atoms with van der Waals surface area (Å²) in [6, 6.07) is 57.1. The second-order valence-corrected chi connectivity index (χ2v) is 16.8. The standard InChI is InChI=1S/2C27H19NO.C6H16N2.Ni/c2*29-27-21(18-28-22-12-2-1-3-13-22)11-8-16-25(27)26-23-14-6-4-9-19(23)17-20-10-5-7-15-24(20)26;1-7(2)5-6-8(3)4;/h2*1-18,28H;5-6H2,1-4H3;/q;;;+2. The molecule has 0 spiro atoms. The number of allylic oxidation sites excluding steroid dienone is 10. The van der Waals surface area contributed by atoms with Crippen molar-refractivity contribution in [3.8, 4) is 0 Å². The Morgan fingerprint density at radius 2 is 0.716 bits per heavy atom. The van der Waals surface area contributed by atoms with Crippen LogP contribution in [-0.4, -0.2) is 62.6 Å². The first-order valence-corrected chi connectivity index (χ1v) is 22.3. The van der Waals surface area contributed by atoms with Crippen molar-refractivity contribution in [2.75, 3.05) is 51.9 Å². The van der Waals surface area contributed by atoms with Gasteiger partial charge in [-0.1, -0.05) is 158 Å². The van der Waals surface area contributed by atoms with Crippen molar-refractivity contribution in [1.82, 2.24) is 9.80 Å². The van der Waals surface area contributed by atoms with E-state index in [0.29, 0.717) is 11.1 Å². The van der Waals surface area contributed by atoms with E-state index >= 15 is 0 Å². The summed E-state index contributed by atoms with van der Waals surface area (Å²) in [5, 5.41) is 15.4. The number of hydrogen-bond acceptors (Lipinski definition) is 6. The second-order valence-electron chi connectivity index (χ2n) is 16.8. The Labute approximate surface area is 403 Å². The number of para-hydroxylation sites is 2. The Balaban J connectivity index is 0.000000169. The maximum atomic E-state index is 13.4. The van der Waals surface area contributed by atoms with Crippen LogP contribution in [-0.2, 0) is 26.1 Å². The summed E-state index contributed by atoms with van der Waals surface area (Å²) in [4.78, 5) is 31.2. The second kappa shape index (κ2) is 22.7. The molecule has 0 unspecified atom stereocenters. The summed E-state index contributed by atoms with van der Waals surface area (Å²) in [6.07, 6.45) is 15.0. The van der Waals surface area contributed by atoms with E-state index in [4.69, 9.17) is 0 Å². The minimum atomic E-state index is 0. The van der Waals surface area contributed by atoms with Crippen molar-refractivity contribution in [3.63, 3.8) is 0 Å². The molecule has 0 bridgehead atoms. The van der Waals surface area contributed by atoms with E-state index in [-0.39, 0.29) is 28.1 Å². The van der Waals surface area contributed by atoms with Gasteiger partial charge >= 0.3 is 16.5 Å². The summed E-state index contributed by atoms with van der Waals surface area (Å²) in [6.45, 7) is 2.29. The molecular formula is C60H54N4NiO2+2. The van der Waals surface area contributed by atoms with Crippen molar-refractivity contribution in [2.45, 2.75) is 0 Å². The van der Waals surface area contributed by atoms with E-state index in [1.165, 1.54) is 0 Å². The number of nitrogens with zero attached hydrogens (tertiary/aromatic N) is 2. The summed E-state index contributed by atoms with van der Waals surface area (Å²) in [5.74, 6) is 0.0508. The van der Waals surface area contributed by atoms with Crippen LogP contribution < -0.4 is 10.6 Å². The van der Waals surface area contributed by atoms with Gasteiger partial charge in [0, 0.05) is 70.3 Å². The Morgan fingerprint density at radius 3 is 1.03 bits per heavy atom. The van der Waals surface area contributed by atoms with Crippen molar-refractivity contribution < 1.29 is 26.1 Å². The number of ketones is 2. The normalized spacial score (nSPS) is 14.4. The van der Waals surface area contributed by atoms with Crippen LogP contribution in [0.4, 0.5) is 11.4 Å². The number of rotatable bonds is 9. The van der Waals surface area contributed by atoms with Crippen LogP contribution in [0.3, 0.4) is 0 Å². The van der Waals surface area contributed by atoms with Crippen LogP contribution in [0.2, 0.25) is 0 Å². The van der Waals surface area contributed by atoms with Crippen molar-refractivity contribution in [3.05, 3.63) is 241 Å². The number of hydrogen-bond donors (Lipinski definition) is 2. The molecule has 0 amide bonds. The molecule has 2 aliphatic carbocycles. The molecule has 0 aliphatic heterocycles. The quantitative estimate of drug-likeness (QED) is 0.0854. The zero-order valence-corrected chi connectivity index (χ0v) is 39.2. The molecule has 0 heterocycles. The first kappa shape index (κ1) is 47.6. The Hall–Kier alpha value is -7.41. The molecule has 8 aromatic rings. The molecule has 334 valence electrons. The number of carbonyl (C=O) groups excluding carboxylic acids is 2. The Morgan fingerprint density at radius 1 is 0.418 bits per heavy atom. The average Bonchev–Trinajstić information content (AvgIpc) is 3.35. The summed E-state index contributed by atoms with van der Waals surface area (Å²) < 4.78 is 0. The largest absolute Gasteiger partial charge is 2.00 e. The minimum absolute atomic E-state index is 0. The topological polar surface area (TPSA) is 64.7 Å². The monoisotopic (exact) mass is 920 g/mol. The Bertz CT molecular complexity index is 2910. The maximum Gasteiger partial charge on any atom is 2.00 e. The molecule has 6 nitrogen and oxygen atoms in total. The number of likely N-dealkylation sites (N-methyl/N-ethyl adjacent to an activating group) is 2. The van der Waals surface area contributed by atoms with Gasteiger partial charge in [0.2, 0.25) is 0 Å². The number of benzene rings is 8. The smallest absolute Gasteiger partial charge is 0.361 e. The third kappa shape index (κ3) is 11.5. The number of carbonyl (C=O) groups is 2. The predicted molar refractivity (Wildman–Crippen MR) is 281 cm³/mol. The fraction of sp³-hybridized carbons (Fsp3) is 0.100. The SMILES string of the molecule is CN(C)CCN(C)C.O=C1C(=CNc2ccccc2)C=CC=C1c1c2ccccc2cc2ccccc12.O=C1C(=CNc2ccccc2)C=CC=C1c1c2ccccc2cc2ccccc12.[Ni+2]. The van der Waals surface area contributed by atoms with Gasteiger partial charge in [0.1, 0.15) is 0 Å². The van der Waals surface area contributed by atoms with Crippen LogP contribution in [0, 0.1) is 0 Å². The summed E-state index contributed by atoms with van der Waals surface area (Å²) >= 11 is 0. The predicted octanol–water partition coefficient (Wildman–Crippen LogP) is 13.1. The molecule has 2 aliphatic rings. The van der Waals surface area contributed by atoms with Gasteiger partial charge in [0.25, 0.3) is 0 Å². The first-order valence-electron chi connectivity index (χ1n) is 22.3. The molecular weight excluding hydrogens is 867 g/mol. The van der Waals surface area contributed by atoms with E-state index in [2.05, 4.69) is 109 Å². The molecule has 2 N–H and O–H groups in total. The van der Waals surface area contributed by atoms with Crippen molar-refractivity contribution in [1.29, 1.82) is 0 Å². The van der Waals surface area contributed by atoms with Crippen LogP contribution in [0.25, 0.3) is 54.2 Å². The van der Waals surface area contributed by atoms with Crippen molar-refractivity contribution in [2.24, 2.45) is 0 Å². The van der Waals surface area contributed by atoms with Crippen molar-refractivity contribution >= 4 is 77.2 Å². The molecule has 10 rings (SSSR count). The Kier molecular flexibility index (Phi) is 16.1. The summed E-state index contributed by atoms with van der Waals surface area (Å²) in [7, 11) is 8.35. The molecule has 0 fully saturated rings. The fourth-order valence-corrected chi connectivity index (χ4v) is 8.13. The molecule has 0 saturated heterocycles. The van der Waals surface area contributed by atoms with Gasteiger partial charge in [-0.15, -0.1) is 0 Å². The molecule has 0 radical (unpaired) electrons. The van der Waals surface area contributed by atoms with Gasteiger partial charge in [-0.3, -0.25) is 9.59 Å². The third-order valence-electron chi connectivity index (χ3n) is 11.5. The van der Waals surface area contributed by atoms with Gasteiger partial charge in [-0.25, -0.2) is 0 Å². The van der Waals surface area contributed by atoms with E-state index in [9.17, 15) is 9.59 Å². The van der Waals surface area contributed by atoms with E-state index in [1.807, 2.05) is 146 Å². The molecule has 0 atom stereocenters. The zero-order valence-electron chi connectivity index (χ0n) is 38.2. The minimum Gasteiger partial charge on any atom is -0.361 e. The number of nitrogens with one attached hydrogen (secondary N) is 2. The summed E-state index contributed by atoms with van der Waals surface area (Å²) in [5.41, 5.74) is 6.63. The van der Waals surface area contributed by atoms with E-state index in [0.717, 1.165) is 89.8 Å². The van der Waals surface area contributed by atoms with Crippen LogP contribution in [0.1, 0.15) is 11.1 Å². The molecule has 0 aromatic heterocycles. The van der Waals surface area contributed by atoms with Gasteiger partial charge in [0.05, 0.1) is 0 Å². The van der Waals surface area contributed by atoms with E-state index < -0.39 is 0 Å². The number of anilines is 2.